The Hall–Kier alpha value is -3.75. The number of ether oxygens (including phenoxy) is 3. The van der Waals surface area contributed by atoms with Crippen molar-refractivity contribution in [3.05, 3.63) is 42.5 Å². The minimum absolute atomic E-state index is 0.0501. The van der Waals surface area contributed by atoms with Crippen molar-refractivity contribution >= 4 is 29.1 Å². The molecular formula is C24H27N3O6. The molecule has 1 N–H and O–H groups in total. The van der Waals surface area contributed by atoms with Crippen LogP contribution in [0.25, 0.3) is 0 Å². The number of rotatable bonds is 7. The van der Waals surface area contributed by atoms with Gasteiger partial charge in [0.25, 0.3) is 11.8 Å². The maximum atomic E-state index is 12.7. The second kappa shape index (κ2) is 10.2. The second-order valence-electron chi connectivity index (χ2n) is 7.91. The molecule has 0 unspecified atom stereocenters. The van der Waals surface area contributed by atoms with E-state index >= 15 is 0 Å². The zero-order valence-corrected chi connectivity index (χ0v) is 18.5. The molecular weight excluding hydrogens is 426 g/mol. The number of benzene rings is 2. The van der Waals surface area contributed by atoms with E-state index in [0.29, 0.717) is 41.7 Å². The van der Waals surface area contributed by atoms with E-state index in [2.05, 4.69) is 5.32 Å². The summed E-state index contributed by atoms with van der Waals surface area (Å²) in [4.78, 5) is 40.9. The molecule has 1 fully saturated rings. The van der Waals surface area contributed by atoms with E-state index in [1.54, 1.807) is 54.5 Å². The van der Waals surface area contributed by atoms with Crippen LogP contribution in [0.3, 0.4) is 0 Å². The Kier molecular flexibility index (Phi) is 6.97. The number of nitrogens with one attached hydrogen (secondary N) is 1. The van der Waals surface area contributed by atoms with Crippen LogP contribution < -0.4 is 24.4 Å². The van der Waals surface area contributed by atoms with Crippen LogP contribution in [-0.2, 0) is 14.4 Å². The Labute approximate surface area is 192 Å². The fourth-order valence-corrected chi connectivity index (χ4v) is 3.87. The van der Waals surface area contributed by atoms with Gasteiger partial charge in [0.1, 0.15) is 23.8 Å². The SMILES string of the molecule is COc1cccc(OCC(=O)Nc2ccc3c(c2)N(CC(=O)N2CCCCC2)C(=O)CO3)c1. The monoisotopic (exact) mass is 453 g/mol. The zero-order chi connectivity index (χ0) is 23.2. The number of anilines is 2. The predicted octanol–water partition coefficient (Wildman–Crippen LogP) is 2.45. The molecule has 3 amide bonds. The molecule has 2 aliphatic heterocycles. The van der Waals surface area contributed by atoms with Gasteiger partial charge >= 0.3 is 0 Å². The molecule has 33 heavy (non-hydrogen) atoms. The van der Waals surface area contributed by atoms with Gasteiger partial charge in [0.2, 0.25) is 5.91 Å². The van der Waals surface area contributed by atoms with Crippen molar-refractivity contribution in [1.29, 1.82) is 0 Å². The Balaban J connectivity index is 1.41. The lowest BCUT2D eigenvalue weighted by atomic mass is 10.1. The van der Waals surface area contributed by atoms with E-state index in [4.69, 9.17) is 14.2 Å². The average Bonchev–Trinajstić information content (AvgIpc) is 2.85. The maximum absolute atomic E-state index is 12.7. The van der Waals surface area contributed by atoms with E-state index in [9.17, 15) is 14.4 Å². The molecule has 0 bridgehead atoms. The number of piperidine rings is 1. The van der Waals surface area contributed by atoms with Gasteiger partial charge in [-0.3, -0.25) is 19.3 Å². The van der Waals surface area contributed by atoms with E-state index in [1.165, 1.54) is 4.90 Å². The van der Waals surface area contributed by atoms with Crippen molar-refractivity contribution in [2.24, 2.45) is 0 Å². The van der Waals surface area contributed by atoms with Crippen LogP contribution in [0.4, 0.5) is 11.4 Å². The number of hydrogen-bond acceptors (Lipinski definition) is 6. The molecule has 4 rings (SSSR count). The minimum atomic E-state index is -0.364. The van der Waals surface area contributed by atoms with Crippen LogP contribution in [0.15, 0.2) is 42.5 Å². The fraction of sp³-hybridized carbons (Fsp3) is 0.375. The first-order chi connectivity index (χ1) is 16.0. The smallest absolute Gasteiger partial charge is 0.265 e. The highest BCUT2D eigenvalue weighted by molar-refractivity contribution is 6.03. The maximum Gasteiger partial charge on any atom is 0.265 e. The lowest BCUT2D eigenvalue weighted by molar-refractivity contribution is -0.132. The Morgan fingerprint density at radius 2 is 1.85 bits per heavy atom. The number of nitrogens with zero attached hydrogens (tertiary/aromatic N) is 2. The first-order valence-electron chi connectivity index (χ1n) is 10.9. The van der Waals surface area contributed by atoms with Crippen LogP contribution in [0.5, 0.6) is 17.2 Å². The molecule has 9 heteroatoms. The number of hydrogen-bond donors (Lipinski definition) is 1. The summed E-state index contributed by atoms with van der Waals surface area (Å²) < 4.78 is 16.2. The van der Waals surface area contributed by atoms with E-state index in [-0.39, 0.29) is 37.5 Å². The summed E-state index contributed by atoms with van der Waals surface area (Å²) >= 11 is 0. The quantitative estimate of drug-likeness (QED) is 0.692. The molecule has 2 aromatic carbocycles. The third kappa shape index (κ3) is 5.54. The normalized spacial score (nSPS) is 15.4. The van der Waals surface area contributed by atoms with Gasteiger partial charge in [-0.25, -0.2) is 0 Å². The van der Waals surface area contributed by atoms with E-state index < -0.39 is 0 Å². The Morgan fingerprint density at radius 1 is 1.06 bits per heavy atom. The highest BCUT2D eigenvalue weighted by Gasteiger charge is 2.29. The van der Waals surface area contributed by atoms with Gasteiger partial charge in [0, 0.05) is 24.8 Å². The van der Waals surface area contributed by atoms with Crippen molar-refractivity contribution in [2.45, 2.75) is 19.3 Å². The molecule has 174 valence electrons. The first-order valence-corrected chi connectivity index (χ1v) is 10.9. The van der Waals surface area contributed by atoms with Crippen LogP contribution in [0.2, 0.25) is 0 Å². The molecule has 1 saturated heterocycles. The zero-order valence-electron chi connectivity index (χ0n) is 18.5. The Bertz CT molecular complexity index is 1030. The average molecular weight is 453 g/mol. The second-order valence-corrected chi connectivity index (χ2v) is 7.91. The van der Waals surface area contributed by atoms with Crippen molar-refractivity contribution in [3.8, 4) is 17.2 Å². The van der Waals surface area contributed by atoms with Crippen molar-refractivity contribution in [2.75, 3.05) is 50.2 Å². The number of methoxy groups -OCH3 is 1. The van der Waals surface area contributed by atoms with Crippen LogP contribution in [-0.4, -0.2) is 62.6 Å². The minimum Gasteiger partial charge on any atom is -0.497 e. The number of carbonyl (C=O) groups is 3. The van der Waals surface area contributed by atoms with Gasteiger partial charge in [-0.05, 0) is 49.6 Å². The molecule has 0 atom stereocenters. The van der Waals surface area contributed by atoms with Crippen molar-refractivity contribution < 1.29 is 28.6 Å². The largest absolute Gasteiger partial charge is 0.497 e. The van der Waals surface area contributed by atoms with Gasteiger partial charge in [-0.2, -0.15) is 0 Å². The predicted molar refractivity (Wildman–Crippen MR) is 122 cm³/mol. The summed E-state index contributed by atoms with van der Waals surface area (Å²) in [5.41, 5.74) is 0.935. The standard InChI is InChI=1S/C24H27N3O6/c1-31-18-6-5-7-19(13-18)32-15-22(28)25-17-8-9-21-20(12-17)27(24(30)16-33-21)14-23(29)26-10-3-2-4-11-26/h5-9,12-13H,2-4,10-11,14-16H2,1H3,(H,25,28). The van der Waals surface area contributed by atoms with Gasteiger partial charge in [0.05, 0.1) is 12.8 Å². The van der Waals surface area contributed by atoms with Crippen molar-refractivity contribution in [1.82, 2.24) is 4.90 Å². The molecule has 2 aliphatic rings. The summed E-state index contributed by atoms with van der Waals surface area (Å²) in [6.45, 7) is 1.06. The van der Waals surface area contributed by atoms with Crippen LogP contribution in [0.1, 0.15) is 19.3 Å². The summed E-state index contributed by atoms with van der Waals surface area (Å²) in [7, 11) is 1.56. The summed E-state index contributed by atoms with van der Waals surface area (Å²) in [6, 6.07) is 12.0. The van der Waals surface area contributed by atoms with Gasteiger partial charge in [-0.1, -0.05) is 6.07 Å². The molecule has 0 aliphatic carbocycles. The molecule has 0 spiro atoms. The number of carbonyl (C=O) groups excluding carboxylic acids is 3. The van der Waals surface area contributed by atoms with Gasteiger partial charge < -0.3 is 24.4 Å². The third-order valence-corrected chi connectivity index (χ3v) is 5.60. The molecule has 0 saturated carbocycles. The highest BCUT2D eigenvalue weighted by Crippen LogP contribution is 2.34. The van der Waals surface area contributed by atoms with Crippen LogP contribution >= 0.6 is 0 Å². The Morgan fingerprint density at radius 3 is 2.64 bits per heavy atom. The topological polar surface area (TPSA) is 97.4 Å². The van der Waals surface area contributed by atoms with E-state index in [1.807, 2.05) is 0 Å². The first kappa shape index (κ1) is 22.4. The fourth-order valence-electron chi connectivity index (χ4n) is 3.87. The molecule has 2 aromatic rings. The van der Waals surface area contributed by atoms with Gasteiger partial charge in [-0.15, -0.1) is 0 Å². The molecule has 0 radical (unpaired) electrons. The number of amides is 3. The summed E-state index contributed by atoms with van der Waals surface area (Å²) in [6.07, 6.45) is 3.08. The number of likely N-dealkylation sites (tertiary alicyclic amines) is 1. The lowest BCUT2D eigenvalue weighted by Gasteiger charge is -2.33. The molecule has 9 nitrogen and oxygen atoms in total. The van der Waals surface area contributed by atoms with E-state index in [0.717, 1.165) is 19.3 Å². The summed E-state index contributed by atoms with van der Waals surface area (Å²) in [5, 5.41) is 2.76. The lowest BCUT2D eigenvalue weighted by Crippen LogP contribution is -2.47. The molecule has 2 heterocycles. The van der Waals surface area contributed by atoms with Gasteiger partial charge in [0.15, 0.2) is 13.2 Å². The molecule has 0 aromatic heterocycles. The van der Waals surface area contributed by atoms with Crippen molar-refractivity contribution in [3.63, 3.8) is 0 Å². The third-order valence-electron chi connectivity index (χ3n) is 5.60. The van der Waals surface area contributed by atoms with Crippen LogP contribution in [0, 0.1) is 0 Å². The number of fused-ring (bicyclic) bond motifs is 1. The summed E-state index contributed by atoms with van der Waals surface area (Å²) in [5.74, 6) is 0.890. The highest BCUT2D eigenvalue weighted by atomic mass is 16.5.